The van der Waals surface area contributed by atoms with Gasteiger partial charge in [0.15, 0.2) is 0 Å². The summed E-state index contributed by atoms with van der Waals surface area (Å²) in [7, 11) is 0. The molecule has 2 aromatic rings. The van der Waals surface area contributed by atoms with Crippen molar-refractivity contribution in [2.45, 2.75) is 13.5 Å². The van der Waals surface area contributed by atoms with E-state index in [1.165, 1.54) is 0 Å². The number of para-hydroxylation sites is 2. The van der Waals surface area contributed by atoms with Crippen molar-refractivity contribution < 1.29 is 14.3 Å². The molecule has 6 heteroatoms. The molecule has 0 bridgehead atoms. The highest BCUT2D eigenvalue weighted by Crippen LogP contribution is 2.23. The number of nitrogens with one attached hydrogen (secondary N) is 2. The SMILES string of the molecule is CCOc1ccccc1NC(=O)C(=O)NCc1ccsc1. The van der Waals surface area contributed by atoms with Gasteiger partial charge < -0.3 is 15.4 Å². The summed E-state index contributed by atoms with van der Waals surface area (Å²) in [5.41, 5.74) is 1.45. The Bertz CT molecular complexity index is 611. The highest BCUT2D eigenvalue weighted by atomic mass is 32.1. The second-order valence-electron chi connectivity index (χ2n) is 4.20. The molecule has 1 aromatic carbocycles. The Hall–Kier alpha value is -2.34. The fraction of sp³-hybridized carbons (Fsp3) is 0.200. The van der Waals surface area contributed by atoms with Crippen LogP contribution in [0.5, 0.6) is 5.75 Å². The number of amides is 2. The summed E-state index contributed by atoms with van der Waals surface area (Å²) < 4.78 is 5.39. The van der Waals surface area contributed by atoms with Crippen LogP contribution in [-0.2, 0) is 16.1 Å². The van der Waals surface area contributed by atoms with Crippen LogP contribution < -0.4 is 15.4 Å². The van der Waals surface area contributed by atoms with Gasteiger partial charge in [-0.25, -0.2) is 0 Å². The van der Waals surface area contributed by atoms with Crippen LogP contribution >= 0.6 is 11.3 Å². The smallest absolute Gasteiger partial charge is 0.313 e. The number of carbonyl (C=O) groups is 2. The van der Waals surface area contributed by atoms with Crippen molar-refractivity contribution in [1.82, 2.24) is 5.32 Å². The predicted octanol–water partition coefficient (Wildman–Crippen LogP) is 2.40. The van der Waals surface area contributed by atoms with Gasteiger partial charge in [0.1, 0.15) is 5.75 Å². The monoisotopic (exact) mass is 304 g/mol. The van der Waals surface area contributed by atoms with Crippen molar-refractivity contribution in [2.75, 3.05) is 11.9 Å². The molecule has 0 aliphatic heterocycles. The van der Waals surface area contributed by atoms with E-state index in [1.807, 2.05) is 23.8 Å². The number of anilines is 1. The third-order valence-electron chi connectivity index (χ3n) is 2.67. The highest BCUT2D eigenvalue weighted by molar-refractivity contribution is 7.07. The van der Waals surface area contributed by atoms with Crippen LogP contribution in [0.3, 0.4) is 0 Å². The molecule has 110 valence electrons. The number of thiophene rings is 1. The van der Waals surface area contributed by atoms with E-state index in [-0.39, 0.29) is 0 Å². The van der Waals surface area contributed by atoms with Crippen molar-refractivity contribution in [1.29, 1.82) is 0 Å². The molecule has 0 saturated heterocycles. The summed E-state index contributed by atoms with van der Waals surface area (Å²) in [5, 5.41) is 8.96. The molecule has 0 spiro atoms. The summed E-state index contributed by atoms with van der Waals surface area (Å²) in [6.45, 7) is 2.67. The van der Waals surface area contributed by atoms with Gasteiger partial charge in [-0.05, 0) is 41.4 Å². The summed E-state index contributed by atoms with van der Waals surface area (Å²) in [5.74, 6) is -0.844. The number of hydrogen-bond acceptors (Lipinski definition) is 4. The maximum Gasteiger partial charge on any atom is 0.313 e. The van der Waals surface area contributed by atoms with Crippen LogP contribution in [0.15, 0.2) is 41.1 Å². The fourth-order valence-electron chi connectivity index (χ4n) is 1.69. The van der Waals surface area contributed by atoms with Crippen LogP contribution in [0.4, 0.5) is 5.69 Å². The lowest BCUT2D eigenvalue weighted by molar-refractivity contribution is -0.136. The molecule has 2 N–H and O–H groups in total. The van der Waals surface area contributed by atoms with Crippen molar-refractivity contribution in [3.8, 4) is 5.75 Å². The number of benzene rings is 1. The fourth-order valence-corrected chi connectivity index (χ4v) is 2.35. The van der Waals surface area contributed by atoms with Gasteiger partial charge in [0.2, 0.25) is 0 Å². The van der Waals surface area contributed by atoms with E-state index < -0.39 is 11.8 Å². The standard InChI is InChI=1S/C15H16N2O3S/c1-2-20-13-6-4-3-5-12(13)17-15(19)14(18)16-9-11-7-8-21-10-11/h3-8,10H,2,9H2,1H3,(H,16,18)(H,17,19). The molecule has 1 heterocycles. The van der Waals surface area contributed by atoms with Crippen LogP contribution in [0.2, 0.25) is 0 Å². The van der Waals surface area contributed by atoms with E-state index in [9.17, 15) is 9.59 Å². The van der Waals surface area contributed by atoms with Gasteiger partial charge >= 0.3 is 11.8 Å². The van der Waals surface area contributed by atoms with Gasteiger partial charge in [0.05, 0.1) is 12.3 Å². The third kappa shape index (κ3) is 4.32. The molecule has 0 aliphatic carbocycles. The van der Waals surface area contributed by atoms with Gasteiger partial charge in [0.25, 0.3) is 0 Å². The highest BCUT2D eigenvalue weighted by Gasteiger charge is 2.15. The van der Waals surface area contributed by atoms with E-state index in [4.69, 9.17) is 4.74 Å². The minimum Gasteiger partial charge on any atom is -0.492 e. The summed E-state index contributed by atoms with van der Waals surface area (Å²) >= 11 is 1.54. The summed E-state index contributed by atoms with van der Waals surface area (Å²) in [4.78, 5) is 23.6. The first-order valence-corrected chi connectivity index (χ1v) is 7.47. The summed E-state index contributed by atoms with van der Waals surface area (Å²) in [6.07, 6.45) is 0. The van der Waals surface area contributed by atoms with Gasteiger partial charge in [-0.2, -0.15) is 11.3 Å². The second-order valence-corrected chi connectivity index (χ2v) is 4.98. The molecule has 2 amide bonds. The van der Waals surface area contributed by atoms with Crippen LogP contribution in [0, 0.1) is 0 Å². The first-order chi connectivity index (χ1) is 10.2. The molecular weight excluding hydrogens is 288 g/mol. The zero-order valence-electron chi connectivity index (χ0n) is 11.6. The quantitative estimate of drug-likeness (QED) is 0.834. The summed E-state index contributed by atoms with van der Waals surface area (Å²) in [6, 6.07) is 8.89. The minimum absolute atomic E-state index is 0.336. The molecule has 0 atom stereocenters. The van der Waals surface area contributed by atoms with Crippen molar-refractivity contribution in [2.24, 2.45) is 0 Å². The molecule has 5 nitrogen and oxygen atoms in total. The Balaban J connectivity index is 1.93. The molecule has 0 radical (unpaired) electrons. The predicted molar refractivity (Wildman–Crippen MR) is 82.4 cm³/mol. The normalized spacial score (nSPS) is 9.95. The third-order valence-corrected chi connectivity index (χ3v) is 3.41. The number of rotatable bonds is 5. The Morgan fingerprint density at radius 2 is 2.00 bits per heavy atom. The topological polar surface area (TPSA) is 67.4 Å². The van der Waals surface area contributed by atoms with E-state index in [1.54, 1.807) is 35.6 Å². The van der Waals surface area contributed by atoms with E-state index in [0.717, 1.165) is 5.56 Å². The first kappa shape index (κ1) is 15.1. The van der Waals surface area contributed by atoms with E-state index in [0.29, 0.717) is 24.6 Å². The molecule has 21 heavy (non-hydrogen) atoms. The zero-order valence-corrected chi connectivity index (χ0v) is 12.4. The number of ether oxygens (including phenoxy) is 1. The van der Waals surface area contributed by atoms with Gasteiger partial charge in [-0.3, -0.25) is 9.59 Å². The lowest BCUT2D eigenvalue weighted by Gasteiger charge is -2.11. The lowest BCUT2D eigenvalue weighted by Crippen LogP contribution is -2.34. The van der Waals surface area contributed by atoms with Crippen molar-refractivity contribution in [3.05, 3.63) is 46.7 Å². The Morgan fingerprint density at radius 3 is 2.71 bits per heavy atom. The van der Waals surface area contributed by atoms with Crippen LogP contribution in [0.1, 0.15) is 12.5 Å². The van der Waals surface area contributed by atoms with Gasteiger partial charge in [0, 0.05) is 6.54 Å². The molecule has 2 rings (SSSR count). The Labute approximate surface area is 126 Å². The maximum absolute atomic E-state index is 11.9. The Kier molecular flexibility index (Phi) is 5.34. The number of hydrogen-bond donors (Lipinski definition) is 2. The Morgan fingerprint density at radius 1 is 1.19 bits per heavy atom. The molecular formula is C15H16N2O3S. The largest absolute Gasteiger partial charge is 0.492 e. The average Bonchev–Trinajstić information content (AvgIpc) is 3.00. The minimum atomic E-state index is -0.711. The number of carbonyl (C=O) groups excluding carboxylic acids is 2. The van der Waals surface area contributed by atoms with Gasteiger partial charge in [-0.15, -0.1) is 0 Å². The average molecular weight is 304 g/mol. The van der Waals surface area contributed by atoms with Crippen molar-refractivity contribution in [3.63, 3.8) is 0 Å². The molecule has 1 aromatic heterocycles. The zero-order chi connectivity index (χ0) is 15.1. The molecule has 0 aliphatic rings. The lowest BCUT2D eigenvalue weighted by atomic mass is 10.3. The first-order valence-electron chi connectivity index (χ1n) is 6.52. The second kappa shape index (κ2) is 7.44. The van der Waals surface area contributed by atoms with Crippen LogP contribution in [-0.4, -0.2) is 18.4 Å². The maximum atomic E-state index is 11.9. The molecule has 0 fully saturated rings. The molecule has 0 unspecified atom stereocenters. The van der Waals surface area contributed by atoms with E-state index in [2.05, 4.69) is 10.6 Å². The molecule has 0 saturated carbocycles. The van der Waals surface area contributed by atoms with Crippen molar-refractivity contribution >= 4 is 28.8 Å². The van der Waals surface area contributed by atoms with Gasteiger partial charge in [-0.1, -0.05) is 12.1 Å². The van der Waals surface area contributed by atoms with Crippen LogP contribution in [0.25, 0.3) is 0 Å². The van der Waals surface area contributed by atoms with E-state index >= 15 is 0 Å².